The Kier molecular flexibility index (Phi) is 4.81. The fourth-order valence-electron chi connectivity index (χ4n) is 2.63. The highest BCUT2D eigenvalue weighted by molar-refractivity contribution is 5.88. The Morgan fingerprint density at radius 3 is 2.39 bits per heavy atom. The van der Waals surface area contributed by atoms with Crippen molar-refractivity contribution < 1.29 is 18.0 Å². The molecule has 0 heterocycles. The number of nitrogens with zero attached hydrogens (tertiary/aromatic N) is 1. The quantitative estimate of drug-likeness (QED) is 0.760. The summed E-state index contributed by atoms with van der Waals surface area (Å²) in [5.41, 5.74) is -0.360. The Balaban J connectivity index is 2.59. The fourth-order valence-corrected chi connectivity index (χ4v) is 2.63. The van der Waals surface area contributed by atoms with Crippen LogP contribution in [0.1, 0.15) is 40.0 Å². The normalized spacial score (nSPS) is 23.9. The summed E-state index contributed by atoms with van der Waals surface area (Å²) in [5.74, 6) is -0.111. The zero-order chi connectivity index (χ0) is 14.0. The van der Waals surface area contributed by atoms with E-state index in [1.165, 1.54) is 4.90 Å². The molecule has 0 saturated heterocycles. The molecular formula is C13H22F3NO. The number of rotatable bonds is 5. The molecule has 1 aliphatic rings. The van der Waals surface area contributed by atoms with E-state index in [-0.39, 0.29) is 23.7 Å². The summed E-state index contributed by atoms with van der Waals surface area (Å²) >= 11 is 0. The number of hydrogen-bond donors (Lipinski definition) is 0. The summed E-state index contributed by atoms with van der Waals surface area (Å²) in [6, 6.07) is 0. The lowest BCUT2D eigenvalue weighted by Gasteiger charge is -2.26. The van der Waals surface area contributed by atoms with Gasteiger partial charge in [0.05, 0.1) is 6.54 Å². The molecule has 18 heavy (non-hydrogen) atoms. The molecule has 1 aliphatic carbocycles. The Morgan fingerprint density at radius 1 is 1.39 bits per heavy atom. The molecule has 1 rings (SSSR count). The first-order valence-electron chi connectivity index (χ1n) is 6.49. The highest BCUT2D eigenvalue weighted by Gasteiger charge is 2.41. The summed E-state index contributed by atoms with van der Waals surface area (Å²) in [6.45, 7) is 5.33. The summed E-state index contributed by atoms with van der Waals surface area (Å²) in [6.07, 6.45) is -2.03. The largest absolute Gasteiger partial charge is 0.401 e. The van der Waals surface area contributed by atoms with Crippen molar-refractivity contribution in [3.63, 3.8) is 0 Å². The number of Topliss-reactive ketones (excluding diaryl/α,β-unsaturated/α-hetero) is 1. The van der Waals surface area contributed by atoms with E-state index in [1.807, 2.05) is 20.8 Å². The van der Waals surface area contributed by atoms with E-state index in [0.717, 1.165) is 6.42 Å². The second-order valence-electron chi connectivity index (χ2n) is 5.83. The SMILES string of the molecule is CCCN(CC1CCC(C)(C)C1=O)CC(F)(F)F. The van der Waals surface area contributed by atoms with Gasteiger partial charge in [0, 0.05) is 17.9 Å². The smallest absolute Gasteiger partial charge is 0.299 e. The lowest BCUT2D eigenvalue weighted by molar-refractivity contribution is -0.149. The van der Waals surface area contributed by atoms with E-state index in [1.54, 1.807) is 0 Å². The lowest BCUT2D eigenvalue weighted by atomic mass is 9.89. The molecule has 0 radical (unpaired) electrons. The molecule has 0 aromatic rings. The molecule has 0 aliphatic heterocycles. The number of alkyl halides is 3. The second kappa shape index (κ2) is 5.59. The molecule has 0 N–H and O–H groups in total. The maximum atomic E-state index is 12.4. The first-order valence-corrected chi connectivity index (χ1v) is 6.49. The van der Waals surface area contributed by atoms with Crippen LogP contribution in [0.4, 0.5) is 13.2 Å². The van der Waals surface area contributed by atoms with Crippen LogP contribution in [-0.2, 0) is 4.79 Å². The van der Waals surface area contributed by atoms with Crippen LogP contribution in [0.2, 0.25) is 0 Å². The zero-order valence-electron chi connectivity index (χ0n) is 11.3. The monoisotopic (exact) mass is 265 g/mol. The Labute approximate surface area is 107 Å². The first-order chi connectivity index (χ1) is 8.15. The van der Waals surface area contributed by atoms with Gasteiger partial charge in [-0.15, -0.1) is 0 Å². The second-order valence-corrected chi connectivity index (χ2v) is 5.83. The van der Waals surface area contributed by atoms with Crippen LogP contribution >= 0.6 is 0 Å². The highest BCUT2D eigenvalue weighted by atomic mass is 19.4. The van der Waals surface area contributed by atoms with Crippen LogP contribution in [0.3, 0.4) is 0 Å². The molecule has 1 saturated carbocycles. The van der Waals surface area contributed by atoms with Crippen molar-refractivity contribution >= 4 is 5.78 Å². The van der Waals surface area contributed by atoms with Gasteiger partial charge in [0.25, 0.3) is 0 Å². The van der Waals surface area contributed by atoms with E-state index >= 15 is 0 Å². The first kappa shape index (κ1) is 15.5. The number of carbonyl (C=O) groups excluding carboxylic acids is 1. The van der Waals surface area contributed by atoms with Crippen LogP contribution < -0.4 is 0 Å². The van der Waals surface area contributed by atoms with Gasteiger partial charge in [-0.05, 0) is 25.8 Å². The number of carbonyl (C=O) groups is 1. The van der Waals surface area contributed by atoms with Gasteiger partial charge >= 0.3 is 6.18 Å². The van der Waals surface area contributed by atoms with Gasteiger partial charge in [-0.3, -0.25) is 9.69 Å². The zero-order valence-corrected chi connectivity index (χ0v) is 11.3. The van der Waals surface area contributed by atoms with Gasteiger partial charge in [-0.25, -0.2) is 0 Å². The molecule has 1 unspecified atom stereocenters. The molecular weight excluding hydrogens is 243 g/mol. The third kappa shape index (κ3) is 4.26. The van der Waals surface area contributed by atoms with Gasteiger partial charge in [0.2, 0.25) is 0 Å². The molecule has 0 bridgehead atoms. The summed E-state index contributed by atoms with van der Waals surface area (Å²) in [4.78, 5) is 13.4. The Bertz CT molecular complexity index is 299. The van der Waals surface area contributed by atoms with Gasteiger partial charge in [0.1, 0.15) is 5.78 Å². The molecule has 0 spiro atoms. The van der Waals surface area contributed by atoms with Crippen molar-refractivity contribution in [2.24, 2.45) is 11.3 Å². The van der Waals surface area contributed by atoms with Crippen molar-refractivity contribution in [1.29, 1.82) is 0 Å². The van der Waals surface area contributed by atoms with Crippen molar-refractivity contribution in [3.8, 4) is 0 Å². The summed E-state index contributed by atoms with van der Waals surface area (Å²) in [5, 5.41) is 0. The molecule has 5 heteroatoms. The number of halogens is 3. The third-order valence-electron chi connectivity index (χ3n) is 3.58. The molecule has 0 aromatic heterocycles. The average molecular weight is 265 g/mol. The topological polar surface area (TPSA) is 20.3 Å². The van der Waals surface area contributed by atoms with E-state index < -0.39 is 12.7 Å². The average Bonchev–Trinajstić information content (AvgIpc) is 2.43. The maximum absolute atomic E-state index is 12.4. The third-order valence-corrected chi connectivity index (χ3v) is 3.58. The number of ketones is 1. The van der Waals surface area contributed by atoms with E-state index in [2.05, 4.69) is 0 Å². The van der Waals surface area contributed by atoms with E-state index in [9.17, 15) is 18.0 Å². The minimum absolute atomic E-state index is 0.116. The van der Waals surface area contributed by atoms with Crippen molar-refractivity contribution in [2.75, 3.05) is 19.6 Å². The minimum Gasteiger partial charge on any atom is -0.299 e. The van der Waals surface area contributed by atoms with Gasteiger partial charge < -0.3 is 0 Å². The molecule has 0 amide bonds. The summed E-state index contributed by atoms with van der Waals surface area (Å²) < 4.78 is 37.3. The standard InChI is InChI=1S/C13H22F3NO/c1-4-7-17(9-13(14,15)16)8-10-5-6-12(2,3)11(10)18/h10H,4-9H2,1-3H3. The van der Waals surface area contributed by atoms with Crippen LogP contribution in [0.15, 0.2) is 0 Å². The number of hydrogen-bond acceptors (Lipinski definition) is 2. The van der Waals surface area contributed by atoms with Crippen molar-refractivity contribution in [1.82, 2.24) is 4.90 Å². The van der Waals surface area contributed by atoms with E-state index in [4.69, 9.17) is 0 Å². The highest BCUT2D eigenvalue weighted by Crippen LogP contribution is 2.38. The maximum Gasteiger partial charge on any atom is 0.401 e. The van der Waals surface area contributed by atoms with Gasteiger partial charge in [-0.1, -0.05) is 20.8 Å². The fraction of sp³-hybridized carbons (Fsp3) is 0.923. The predicted octanol–water partition coefficient (Wildman–Crippen LogP) is 3.27. The molecule has 1 fully saturated rings. The minimum atomic E-state index is -4.19. The van der Waals surface area contributed by atoms with Crippen molar-refractivity contribution in [3.05, 3.63) is 0 Å². The van der Waals surface area contributed by atoms with Gasteiger partial charge in [-0.2, -0.15) is 13.2 Å². The summed E-state index contributed by atoms with van der Waals surface area (Å²) in [7, 11) is 0. The Morgan fingerprint density at radius 2 is 2.00 bits per heavy atom. The van der Waals surface area contributed by atoms with E-state index in [0.29, 0.717) is 19.4 Å². The predicted molar refractivity (Wildman–Crippen MR) is 64.3 cm³/mol. The van der Waals surface area contributed by atoms with Crippen LogP contribution in [0, 0.1) is 11.3 Å². The van der Waals surface area contributed by atoms with Gasteiger partial charge in [0.15, 0.2) is 0 Å². The van der Waals surface area contributed by atoms with Crippen molar-refractivity contribution in [2.45, 2.75) is 46.2 Å². The molecule has 106 valence electrons. The lowest BCUT2D eigenvalue weighted by Crippen LogP contribution is -2.39. The van der Waals surface area contributed by atoms with Crippen LogP contribution in [0.5, 0.6) is 0 Å². The molecule has 2 nitrogen and oxygen atoms in total. The Hall–Kier alpha value is -0.580. The molecule has 0 aromatic carbocycles. The van der Waals surface area contributed by atoms with Crippen LogP contribution in [-0.4, -0.2) is 36.5 Å². The van der Waals surface area contributed by atoms with Crippen LogP contribution in [0.25, 0.3) is 0 Å². The molecule has 1 atom stereocenters.